The highest BCUT2D eigenvalue weighted by molar-refractivity contribution is 6.42. The highest BCUT2D eigenvalue weighted by Gasteiger charge is 2.35. The molecule has 4 nitrogen and oxygen atoms in total. The van der Waals surface area contributed by atoms with Crippen LogP contribution in [-0.2, 0) is 9.59 Å². The van der Waals surface area contributed by atoms with Gasteiger partial charge in [-0.15, -0.1) is 0 Å². The van der Waals surface area contributed by atoms with Gasteiger partial charge < -0.3 is 10.2 Å². The summed E-state index contributed by atoms with van der Waals surface area (Å²) in [5, 5.41) is 2.85. The Balaban J connectivity index is 1.75. The molecule has 2 amide bonds. The van der Waals surface area contributed by atoms with Crippen LogP contribution in [0.4, 0.5) is 20.2 Å². The smallest absolute Gasteiger partial charge is 0.229 e. The van der Waals surface area contributed by atoms with Crippen LogP contribution in [0.25, 0.3) is 0 Å². The van der Waals surface area contributed by atoms with E-state index in [9.17, 15) is 18.4 Å². The zero-order chi connectivity index (χ0) is 18.1. The first-order valence-electron chi connectivity index (χ1n) is 7.37. The molecular formula is C17H12Cl2F2N2O2. The average molecular weight is 385 g/mol. The number of benzene rings is 2. The van der Waals surface area contributed by atoms with Crippen LogP contribution in [0.3, 0.4) is 0 Å². The predicted octanol–water partition coefficient (Wildman–Crippen LogP) is 4.26. The number of halogens is 4. The van der Waals surface area contributed by atoms with Gasteiger partial charge in [0.05, 0.1) is 16.0 Å². The van der Waals surface area contributed by atoms with Crippen LogP contribution in [0.15, 0.2) is 36.4 Å². The second-order valence-corrected chi connectivity index (χ2v) is 6.40. The molecule has 1 aliphatic rings. The van der Waals surface area contributed by atoms with E-state index < -0.39 is 29.1 Å². The van der Waals surface area contributed by atoms with Crippen molar-refractivity contribution in [1.82, 2.24) is 0 Å². The van der Waals surface area contributed by atoms with Gasteiger partial charge in [0.15, 0.2) is 0 Å². The van der Waals surface area contributed by atoms with Crippen molar-refractivity contribution in [3.05, 3.63) is 58.1 Å². The predicted molar refractivity (Wildman–Crippen MR) is 91.9 cm³/mol. The second-order valence-electron chi connectivity index (χ2n) is 5.59. The number of amides is 2. The van der Waals surface area contributed by atoms with E-state index in [1.165, 1.54) is 17.0 Å². The van der Waals surface area contributed by atoms with Crippen molar-refractivity contribution in [3.8, 4) is 0 Å². The third-order valence-electron chi connectivity index (χ3n) is 3.92. The molecule has 3 rings (SSSR count). The molecule has 130 valence electrons. The van der Waals surface area contributed by atoms with Crippen LogP contribution in [0.5, 0.6) is 0 Å². The van der Waals surface area contributed by atoms with Gasteiger partial charge in [0.25, 0.3) is 0 Å². The van der Waals surface area contributed by atoms with E-state index in [0.717, 1.165) is 12.1 Å². The van der Waals surface area contributed by atoms with Crippen molar-refractivity contribution in [1.29, 1.82) is 0 Å². The molecule has 1 aliphatic heterocycles. The van der Waals surface area contributed by atoms with Crippen LogP contribution >= 0.6 is 23.2 Å². The van der Waals surface area contributed by atoms with E-state index in [1.54, 1.807) is 12.1 Å². The van der Waals surface area contributed by atoms with Crippen molar-refractivity contribution in [2.75, 3.05) is 16.8 Å². The van der Waals surface area contributed by atoms with E-state index in [2.05, 4.69) is 5.32 Å². The molecule has 0 bridgehead atoms. The first-order valence-corrected chi connectivity index (χ1v) is 8.12. The van der Waals surface area contributed by atoms with Gasteiger partial charge in [-0.3, -0.25) is 9.59 Å². The third-order valence-corrected chi connectivity index (χ3v) is 4.66. The van der Waals surface area contributed by atoms with Gasteiger partial charge in [0.1, 0.15) is 17.3 Å². The Morgan fingerprint density at radius 3 is 2.44 bits per heavy atom. The summed E-state index contributed by atoms with van der Waals surface area (Å²) in [6.45, 7) is 0.0820. The molecule has 25 heavy (non-hydrogen) atoms. The van der Waals surface area contributed by atoms with Gasteiger partial charge in [-0.05, 0) is 30.3 Å². The lowest BCUT2D eigenvalue weighted by Crippen LogP contribution is -2.28. The first kappa shape index (κ1) is 17.6. The molecule has 8 heteroatoms. The van der Waals surface area contributed by atoms with Crippen molar-refractivity contribution in [3.63, 3.8) is 0 Å². The van der Waals surface area contributed by atoms with Crippen LogP contribution in [-0.4, -0.2) is 18.4 Å². The lowest BCUT2D eigenvalue weighted by molar-refractivity contribution is -0.122. The van der Waals surface area contributed by atoms with Gasteiger partial charge in [-0.1, -0.05) is 29.3 Å². The molecule has 1 saturated heterocycles. The molecule has 2 aromatic carbocycles. The molecule has 1 atom stereocenters. The summed E-state index contributed by atoms with van der Waals surface area (Å²) in [6, 6.07) is 7.97. The zero-order valence-electron chi connectivity index (χ0n) is 12.7. The molecule has 1 fully saturated rings. The Bertz CT molecular complexity index is 840. The van der Waals surface area contributed by atoms with Crippen LogP contribution in [0.2, 0.25) is 10.0 Å². The summed E-state index contributed by atoms with van der Waals surface area (Å²) in [5.41, 5.74) is -0.0142. The largest absolute Gasteiger partial charge is 0.321 e. The highest BCUT2D eigenvalue weighted by atomic mass is 35.5. The monoisotopic (exact) mass is 384 g/mol. The lowest BCUT2D eigenvalue weighted by atomic mass is 10.1. The molecule has 0 radical (unpaired) electrons. The molecular weight excluding hydrogens is 373 g/mol. The molecule has 1 N–H and O–H groups in total. The summed E-state index contributed by atoms with van der Waals surface area (Å²) >= 11 is 11.8. The molecule has 1 unspecified atom stereocenters. The van der Waals surface area contributed by atoms with Gasteiger partial charge >= 0.3 is 0 Å². The standard InChI is InChI=1S/C17H12Cl2F2N2O2/c18-11-5-4-10(7-12(11)19)23-8-9(6-15(23)24)17(25)22-16-13(20)2-1-3-14(16)21/h1-5,7,9H,6,8H2,(H,22,25). The maximum absolute atomic E-state index is 13.6. The molecule has 0 spiro atoms. The maximum Gasteiger partial charge on any atom is 0.229 e. The minimum absolute atomic E-state index is 0.0673. The van der Waals surface area contributed by atoms with Crippen molar-refractivity contribution >= 4 is 46.4 Å². The van der Waals surface area contributed by atoms with E-state index >= 15 is 0 Å². The van der Waals surface area contributed by atoms with Crippen LogP contribution in [0, 0.1) is 17.6 Å². The number of nitrogens with zero attached hydrogens (tertiary/aromatic N) is 1. The molecule has 1 heterocycles. The van der Waals surface area contributed by atoms with Crippen molar-refractivity contribution < 1.29 is 18.4 Å². The highest BCUT2D eigenvalue weighted by Crippen LogP contribution is 2.31. The minimum Gasteiger partial charge on any atom is -0.321 e. The Kier molecular flexibility index (Phi) is 4.92. The fraction of sp³-hybridized carbons (Fsp3) is 0.176. The summed E-state index contributed by atoms with van der Waals surface area (Å²) in [7, 11) is 0. The van der Waals surface area contributed by atoms with Gasteiger partial charge in [-0.25, -0.2) is 8.78 Å². The molecule has 0 aliphatic carbocycles. The number of anilines is 2. The normalized spacial score (nSPS) is 17.0. The second kappa shape index (κ2) is 6.98. The lowest BCUT2D eigenvalue weighted by Gasteiger charge is -2.17. The van der Waals surface area contributed by atoms with Gasteiger partial charge in [0, 0.05) is 18.7 Å². The van der Waals surface area contributed by atoms with E-state index in [1.807, 2.05) is 0 Å². The van der Waals surface area contributed by atoms with E-state index in [-0.39, 0.29) is 23.9 Å². The van der Waals surface area contributed by atoms with Crippen LogP contribution in [0.1, 0.15) is 6.42 Å². The Labute approximate surface area is 152 Å². The number of carbonyl (C=O) groups is 2. The number of nitrogens with one attached hydrogen (secondary N) is 1. The van der Waals surface area contributed by atoms with Gasteiger partial charge in [-0.2, -0.15) is 0 Å². The number of hydrogen-bond acceptors (Lipinski definition) is 2. The quantitative estimate of drug-likeness (QED) is 0.858. The van der Waals surface area contributed by atoms with Crippen molar-refractivity contribution in [2.45, 2.75) is 6.42 Å². The number of hydrogen-bond donors (Lipinski definition) is 1. The minimum atomic E-state index is -0.876. The Morgan fingerprint density at radius 1 is 1.12 bits per heavy atom. The SMILES string of the molecule is O=C(Nc1c(F)cccc1F)C1CC(=O)N(c2ccc(Cl)c(Cl)c2)C1. The first-order chi connectivity index (χ1) is 11.9. The number of carbonyl (C=O) groups excluding carboxylic acids is 2. The topological polar surface area (TPSA) is 49.4 Å². The molecule has 0 saturated carbocycles. The Morgan fingerprint density at radius 2 is 1.80 bits per heavy atom. The molecule has 2 aromatic rings. The van der Waals surface area contributed by atoms with E-state index in [0.29, 0.717) is 10.7 Å². The number of para-hydroxylation sites is 1. The summed E-state index contributed by atoms with van der Waals surface area (Å²) in [6.07, 6.45) is -0.0673. The van der Waals surface area contributed by atoms with Crippen LogP contribution < -0.4 is 10.2 Å². The summed E-state index contributed by atoms with van der Waals surface area (Å²) in [5.74, 6) is -3.40. The number of rotatable bonds is 3. The Hall–Kier alpha value is -2.18. The zero-order valence-corrected chi connectivity index (χ0v) is 14.2. The fourth-order valence-electron chi connectivity index (χ4n) is 2.63. The summed E-state index contributed by atoms with van der Waals surface area (Å²) in [4.78, 5) is 25.9. The maximum atomic E-state index is 13.6. The average Bonchev–Trinajstić information content (AvgIpc) is 2.95. The summed E-state index contributed by atoms with van der Waals surface area (Å²) < 4.78 is 27.3. The molecule has 0 aromatic heterocycles. The fourth-order valence-corrected chi connectivity index (χ4v) is 2.92. The van der Waals surface area contributed by atoms with Crippen molar-refractivity contribution in [2.24, 2.45) is 5.92 Å². The van der Waals surface area contributed by atoms with E-state index in [4.69, 9.17) is 23.2 Å². The third kappa shape index (κ3) is 3.60. The van der Waals surface area contributed by atoms with Gasteiger partial charge in [0.2, 0.25) is 11.8 Å².